The molecule has 0 nitrogen and oxygen atoms in total. The Morgan fingerprint density at radius 2 is 1.33 bits per heavy atom. The second-order valence-corrected chi connectivity index (χ2v) is 6.97. The van der Waals surface area contributed by atoms with Crippen LogP contribution in [0.3, 0.4) is 0 Å². The average molecular weight is 275 g/mol. The van der Waals surface area contributed by atoms with Crippen LogP contribution in [0.25, 0.3) is 0 Å². The summed E-state index contributed by atoms with van der Waals surface area (Å²) in [6, 6.07) is 21.5. The Kier molecular flexibility index (Phi) is 4.62. The molecule has 0 amide bonds. The predicted octanol–water partition coefficient (Wildman–Crippen LogP) is 4.05. The van der Waals surface area contributed by atoms with Crippen molar-refractivity contribution in [2.75, 3.05) is 0 Å². The Balaban J connectivity index is 2.53. The van der Waals surface area contributed by atoms with Crippen molar-refractivity contribution < 1.29 is 0 Å². The highest BCUT2D eigenvalue weighted by Crippen LogP contribution is 2.36. The van der Waals surface area contributed by atoms with Crippen molar-refractivity contribution in [3.8, 4) is 0 Å². The fourth-order valence-corrected chi connectivity index (χ4v) is 5.21. The molecule has 2 rings (SSSR count). The van der Waals surface area contributed by atoms with Gasteiger partial charge in [-0.15, -0.1) is 0 Å². The maximum Gasteiger partial charge on any atom is 0.140 e. The molecule has 0 aromatic heterocycles. The molecule has 0 saturated heterocycles. The van der Waals surface area contributed by atoms with Gasteiger partial charge in [0.25, 0.3) is 0 Å². The summed E-state index contributed by atoms with van der Waals surface area (Å²) < 4.78 is 0. The van der Waals surface area contributed by atoms with Crippen LogP contribution in [-0.4, -0.2) is 8.83 Å². The first-order chi connectivity index (χ1) is 8.83. The molecular weight excluding hydrogens is 256 g/mol. The molecule has 0 saturated carbocycles. The molecule has 18 heavy (non-hydrogen) atoms. The van der Waals surface area contributed by atoms with Gasteiger partial charge in [-0.25, -0.2) is 0 Å². The number of hydrogen-bond donors (Lipinski definition) is 0. The molecule has 2 aromatic rings. The molecule has 0 bridgehead atoms. The molecular formula is C16H19ClSi. The maximum atomic E-state index is 6.51. The number of benzene rings is 2. The van der Waals surface area contributed by atoms with Crippen molar-refractivity contribution in [2.24, 2.45) is 0 Å². The number of hydrogen-bond acceptors (Lipinski definition) is 0. The minimum Gasteiger partial charge on any atom is -0.175 e. The zero-order valence-corrected chi connectivity index (χ0v) is 12.9. The standard InChI is InChI=1S/C16H19ClSi/c1-2-13-16(18-17,14-9-5-3-6-10-14)15-11-7-4-8-12-15/h3-12H,2,13,18H2,1H3. The quantitative estimate of drug-likeness (QED) is 0.570. The van der Waals surface area contributed by atoms with E-state index in [1.807, 2.05) is 0 Å². The zero-order valence-electron chi connectivity index (χ0n) is 10.8. The third-order valence-corrected chi connectivity index (χ3v) is 6.55. The lowest BCUT2D eigenvalue weighted by atomic mass is 9.86. The highest BCUT2D eigenvalue weighted by atomic mass is 35.6. The van der Waals surface area contributed by atoms with Crippen LogP contribution in [0.15, 0.2) is 60.7 Å². The third kappa shape index (κ3) is 2.52. The van der Waals surface area contributed by atoms with Gasteiger partial charge >= 0.3 is 0 Å². The van der Waals surface area contributed by atoms with E-state index in [-0.39, 0.29) is 5.04 Å². The minimum absolute atomic E-state index is 0.0822. The molecule has 0 heterocycles. The molecule has 94 valence electrons. The van der Waals surface area contributed by atoms with Crippen LogP contribution in [0, 0.1) is 0 Å². The first-order valence-corrected chi connectivity index (χ1v) is 9.35. The lowest BCUT2D eigenvalue weighted by Crippen LogP contribution is -2.32. The van der Waals surface area contributed by atoms with Crippen molar-refractivity contribution in [1.82, 2.24) is 0 Å². The summed E-state index contributed by atoms with van der Waals surface area (Å²) >= 11 is 6.51. The van der Waals surface area contributed by atoms with Gasteiger partial charge in [-0.3, -0.25) is 0 Å². The van der Waals surface area contributed by atoms with E-state index in [1.54, 1.807) is 0 Å². The Morgan fingerprint density at radius 3 is 1.67 bits per heavy atom. The van der Waals surface area contributed by atoms with Gasteiger partial charge in [0.2, 0.25) is 0 Å². The van der Waals surface area contributed by atoms with Crippen LogP contribution in [0.4, 0.5) is 0 Å². The lowest BCUT2D eigenvalue weighted by molar-refractivity contribution is 0.630. The average Bonchev–Trinajstić information content (AvgIpc) is 2.47. The van der Waals surface area contributed by atoms with Gasteiger partial charge < -0.3 is 0 Å². The summed E-state index contributed by atoms with van der Waals surface area (Å²) in [5.41, 5.74) is 2.75. The van der Waals surface area contributed by atoms with E-state index in [1.165, 1.54) is 11.1 Å². The molecule has 2 heteroatoms. The molecule has 0 aliphatic carbocycles. The predicted molar refractivity (Wildman–Crippen MR) is 83.0 cm³/mol. The lowest BCUT2D eigenvalue weighted by Gasteiger charge is -2.32. The van der Waals surface area contributed by atoms with Crippen LogP contribution < -0.4 is 0 Å². The van der Waals surface area contributed by atoms with E-state index in [4.69, 9.17) is 11.1 Å². The number of halogens is 1. The van der Waals surface area contributed by atoms with Crippen molar-refractivity contribution in [1.29, 1.82) is 0 Å². The zero-order chi connectivity index (χ0) is 12.8. The van der Waals surface area contributed by atoms with E-state index < -0.39 is 8.83 Å². The Labute approximate surface area is 117 Å². The largest absolute Gasteiger partial charge is 0.175 e. The summed E-state index contributed by atoms with van der Waals surface area (Å²) in [5, 5.41) is 0.0822. The SMILES string of the molecule is CCCC([SiH2]Cl)(c1ccccc1)c1ccccc1. The highest BCUT2D eigenvalue weighted by molar-refractivity contribution is 6.95. The van der Waals surface area contributed by atoms with Crippen LogP contribution in [0.2, 0.25) is 0 Å². The summed E-state index contributed by atoms with van der Waals surface area (Å²) in [6.45, 7) is 2.24. The van der Waals surface area contributed by atoms with E-state index in [9.17, 15) is 0 Å². The summed E-state index contributed by atoms with van der Waals surface area (Å²) in [5.74, 6) is 0. The Bertz CT molecular complexity index is 427. The Morgan fingerprint density at radius 1 is 0.889 bits per heavy atom. The van der Waals surface area contributed by atoms with E-state index >= 15 is 0 Å². The van der Waals surface area contributed by atoms with Gasteiger partial charge in [0.15, 0.2) is 0 Å². The molecule has 0 aliphatic rings. The fraction of sp³-hybridized carbons (Fsp3) is 0.250. The van der Waals surface area contributed by atoms with E-state index in [0.29, 0.717) is 0 Å². The molecule has 0 fully saturated rings. The summed E-state index contributed by atoms with van der Waals surface area (Å²) in [4.78, 5) is 0. The third-order valence-electron chi connectivity index (χ3n) is 3.56. The Hall–Kier alpha value is -1.05. The fourth-order valence-electron chi connectivity index (χ4n) is 2.62. The van der Waals surface area contributed by atoms with E-state index in [2.05, 4.69) is 67.6 Å². The van der Waals surface area contributed by atoms with Crippen molar-refractivity contribution in [3.05, 3.63) is 71.8 Å². The topological polar surface area (TPSA) is 0 Å². The smallest absolute Gasteiger partial charge is 0.140 e. The molecule has 0 atom stereocenters. The number of rotatable bonds is 5. The van der Waals surface area contributed by atoms with Gasteiger partial charge in [0.1, 0.15) is 8.83 Å². The summed E-state index contributed by atoms with van der Waals surface area (Å²) in [6.07, 6.45) is 2.29. The second-order valence-electron chi connectivity index (χ2n) is 4.70. The van der Waals surface area contributed by atoms with Crippen LogP contribution in [-0.2, 0) is 5.04 Å². The minimum atomic E-state index is -0.714. The monoisotopic (exact) mass is 274 g/mol. The first-order valence-electron chi connectivity index (χ1n) is 6.50. The van der Waals surface area contributed by atoms with Gasteiger partial charge in [-0.1, -0.05) is 74.0 Å². The van der Waals surface area contributed by atoms with Crippen LogP contribution in [0.1, 0.15) is 30.9 Å². The molecule has 0 unspecified atom stereocenters. The maximum absolute atomic E-state index is 6.51. The highest BCUT2D eigenvalue weighted by Gasteiger charge is 2.32. The molecule has 0 radical (unpaired) electrons. The van der Waals surface area contributed by atoms with Gasteiger partial charge in [-0.2, -0.15) is 11.1 Å². The summed E-state index contributed by atoms with van der Waals surface area (Å²) in [7, 11) is -0.714. The van der Waals surface area contributed by atoms with Crippen LogP contribution >= 0.6 is 11.1 Å². The van der Waals surface area contributed by atoms with E-state index in [0.717, 1.165) is 12.8 Å². The van der Waals surface area contributed by atoms with Crippen molar-refractivity contribution in [3.63, 3.8) is 0 Å². The normalized spacial score (nSPS) is 12.1. The molecule has 0 aliphatic heterocycles. The van der Waals surface area contributed by atoms with Crippen molar-refractivity contribution >= 4 is 19.9 Å². The van der Waals surface area contributed by atoms with Gasteiger partial charge in [0.05, 0.1) is 0 Å². The first kappa shape index (κ1) is 13.4. The molecule has 2 aromatic carbocycles. The second kappa shape index (κ2) is 6.21. The van der Waals surface area contributed by atoms with Gasteiger partial charge in [0, 0.05) is 5.04 Å². The van der Waals surface area contributed by atoms with Gasteiger partial charge in [-0.05, 0) is 17.5 Å². The molecule has 0 spiro atoms. The van der Waals surface area contributed by atoms with Crippen LogP contribution in [0.5, 0.6) is 0 Å². The molecule has 0 N–H and O–H groups in total. The van der Waals surface area contributed by atoms with Crippen molar-refractivity contribution in [2.45, 2.75) is 24.8 Å².